The van der Waals surface area contributed by atoms with Gasteiger partial charge in [-0.2, -0.15) is 0 Å². The van der Waals surface area contributed by atoms with E-state index in [-0.39, 0.29) is 31.4 Å². The Kier molecular flexibility index (Phi) is 8.61. The van der Waals surface area contributed by atoms with Crippen molar-refractivity contribution in [2.24, 2.45) is 11.5 Å². The zero-order chi connectivity index (χ0) is 28.9. The summed E-state index contributed by atoms with van der Waals surface area (Å²) in [6, 6.07) is 23.2. The number of rotatable bonds is 10. The third-order valence-electron chi connectivity index (χ3n) is 6.49. The third kappa shape index (κ3) is 5.88. The molecule has 9 nitrogen and oxygen atoms in total. The summed E-state index contributed by atoms with van der Waals surface area (Å²) >= 11 is 1.34. The van der Waals surface area contributed by atoms with Crippen molar-refractivity contribution >= 4 is 45.7 Å². The van der Waals surface area contributed by atoms with E-state index in [0.717, 1.165) is 10.4 Å². The molecule has 0 saturated heterocycles. The van der Waals surface area contributed by atoms with Crippen molar-refractivity contribution in [3.8, 4) is 0 Å². The number of amidine groups is 1. The van der Waals surface area contributed by atoms with E-state index in [1.807, 2.05) is 42.5 Å². The average molecular weight is 558 g/mol. The average Bonchev–Trinajstić information content (AvgIpc) is 3.44. The second kappa shape index (κ2) is 12.1. The number of nitrogens with two attached hydrogens (primary N) is 2. The lowest BCUT2D eigenvalue weighted by Gasteiger charge is -2.38. The van der Waals surface area contributed by atoms with Crippen LogP contribution in [0.5, 0.6) is 0 Å². The first-order valence-corrected chi connectivity index (χ1v) is 13.5. The molecule has 0 spiro atoms. The van der Waals surface area contributed by atoms with E-state index in [2.05, 4.69) is 5.32 Å². The van der Waals surface area contributed by atoms with Crippen molar-refractivity contribution in [1.82, 2.24) is 10.2 Å². The van der Waals surface area contributed by atoms with Crippen LogP contribution in [-0.4, -0.2) is 35.1 Å². The van der Waals surface area contributed by atoms with Gasteiger partial charge in [0.15, 0.2) is 0 Å². The smallest absolute Gasteiger partial charge is 0.352 e. The largest absolute Gasteiger partial charge is 0.463 e. The van der Waals surface area contributed by atoms with Crippen LogP contribution in [0.2, 0.25) is 0 Å². The van der Waals surface area contributed by atoms with Crippen molar-refractivity contribution in [3.05, 3.63) is 105 Å². The number of carbonyl (C=O) groups is 3. The predicted molar refractivity (Wildman–Crippen MR) is 156 cm³/mol. The third-order valence-corrected chi connectivity index (χ3v) is 7.61. The minimum Gasteiger partial charge on any atom is -0.463 e. The summed E-state index contributed by atoms with van der Waals surface area (Å²) < 4.78 is 5.35. The summed E-state index contributed by atoms with van der Waals surface area (Å²) in [5, 5.41) is 11.8. The Morgan fingerprint density at radius 1 is 1.02 bits per heavy atom. The lowest BCUT2D eigenvalue weighted by molar-refractivity contribution is -0.165. The highest BCUT2D eigenvalue weighted by atomic mass is 32.1. The maximum Gasteiger partial charge on any atom is 0.352 e. The van der Waals surface area contributed by atoms with Gasteiger partial charge in [0.05, 0.1) is 18.0 Å². The molecule has 6 N–H and O–H groups in total. The number of ether oxygens (including phenoxy) is 1. The number of carbonyl (C=O) groups excluding carboxylic acids is 3. The molecule has 1 heterocycles. The fraction of sp³-hybridized carbons (Fsp3) is 0.200. The lowest BCUT2D eigenvalue weighted by atomic mass is 9.93. The Bertz CT molecular complexity index is 1570. The number of hydrogen-bond acceptors (Lipinski definition) is 7. The van der Waals surface area contributed by atoms with Crippen LogP contribution in [-0.2, 0) is 33.1 Å². The summed E-state index contributed by atoms with van der Waals surface area (Å²) in [6.07, 6.45) is 0. The van der Waals surface area contributed by atoms with Gasteiger partial charge in [-0.1, -0.05) is 54.6 Å². The first kappa shape index (κ1) is 28.5. The number of nitrogen functional groups attached to an aromatic ring is 1. The molecule has 0 saturated carbocycles. The Balaban J connectivity index is 1.69. The standard InChI is InChI=1S/C30H31N5O4S/c1-3-39-29(38)30(33,35(19(2)36)18-20-8-5-4-6-9-20)22-12-14-24-21(16-22)10-7-11-25(24)28(37)34-17-23-13-15-26(40-23)27(31)32/h4-16H,3,17-18,33H2,1-2H3,(H3,31,32)(H,34,37). The molecule has 0 aliphatic carbocycles. The molecular formula is C30H31N5O4S. The fourth-order valence-electron chi connectivity index (χ4n) is 4.47. The zero-order valence-corrected chi connectivity index (χ0v) is 23.1. The maximum absolute atomic E-state index is 13.4. The number of fused-ring (bicyclic) bond motifs is 1. The van der Waals surface area contributed by atoms with E-state index in [9.17, 15) is 14.4 Å². The minimum atomic E-state index is -1.91. The quantitative estimate of drug-likeness (QED) is 0.101. The molecule has 206 valence electrons. The number of benzene rings is 3. The molecule has 0 bridgehead atoms. The van der Waals surface area contributed by atoms with Crippen molar-refractivity contribution in [2.75, 3.05) is 6.61 Å². The van der Waals surface area contributed by atoms with Crippen molar-refractivity contribution in [2.45, 2.75) is 32.6 Å². The van der Waals surface area contributed by atoms with Crippen LogP contribution in [0, 0.1) is 5.41 Å². The van der Waals surface area contributed by atoms with Gasteiger partial charge in [-0.3, -0.25) is 20.7 Å². The minimum absolute atomic E-state index is 0.0154. The van der Waals surface area contributed by atoms with Gasteiger partial charge in [0, 0.05) is 29.5 Å². The van der Waals surface area contributed by atoms with Crippen LogP contribution in [0.3, 0.4) is 0 Å². The number of nitrogens with one attached hydrogen (secondary N) is 2. The SMILES string of the molecule is CCOC(=O)C(N)(c1ccc2c(C(=O)NCc3ccc(C(=N)N)s3)cccc2c1)N(Cc1ccccc1)C(C)=O. The van der Waals surface area contributed by atoms with Crippen LogP contribution in [0.25, 0.3) is 10.8 Å². The number of amides is 2. The van der Waals surface area contributed by atoms with E-state index in [0.29, 0.717) is 26.8 Å². The molecule has 2 amide bonds. The normalized spacial score (nSPS) is 12.4. The summed E-state index contributed by atoms with van der Waals surface area (Å²) in [4.78, 5) is 42.2. The van der Waals surface area contributed by atoms with E-state index >= 15 is 0 Å². The van der Waals surface area contributed by atoms with E-state index in [4.69, 9.17) is 21.6 Å². The summed E-state index contributed by atoms with van der Waals surface area (Å²) in [7, 11) is 0. The van der Waals surface area contributed by atoms with Gasteiger partial charge in [0.1, 0.15) is 5.84 Å². The molecule has 1 atom stereocenters. The van der Waals surface area contributed by atoms with Gasteiger partial charge in [0.25, 0.3) is 5.91 Å². The predicted octanol–water partition coefficient (Wildman–Crippen LogP) is 3.84. The van der Waals surface area contributed by atoms with Crippen LogP contribution in [0.4, 0.5) is 0 Å². The number of nitrogens with zero attached hydrogens (tertiary/aromatic N) is 1. The highest BCUT2D eigenvalue weighted by molar-refractivity contribution is 7.14. The molecular weight excluding hydrogens is 526 g/mol. The molecule has 1 unspecified atom stereocenters. The zero-order valence-electron chi connectivity index (χ0n) is 22.3. The highest BCUT2D eigenvalue weighted by Crippen LogP contribution is 2.31. The molecule has 40 heavy (non-hydrogen) atoms. The van der Waals surface area contributed by atoms with Gasteiger partial charge >= 0.3 is 5.97 Å². The monoisotopic (exact) mass is 557 g/mol. The summed E-state index contributed by atoms with van der Waals surface area (Å²) in [5.41, 5.74) is 12.0. The lowest BCUT2D eigenvalue weighted by Crippen LogP contribution is -2.60. The maximum atomic E-state index is 13.4. The van der Waals surface area contributed by atoms with Crippen LogP contribution in [0.15, 0.2) is 78.9 Å². The Labute approximate surface area is 236 Å². The van der Waals surface area contributed by atoms with Crippen LogP contribution in [0.1, 0.15) is 45.1 Å². The van der Waals surface area contributed by atoms with Gasteiger partial charge in [-0.15, -0.1) is 11.3 Å². The Hall–Kier alpha value is -4.54. The molecule has 0 aliphatic rings. The molecule has 0 aliphatic heterocycles. The van der Waals surface area contributed by atoms with E-state index < -0.39 is 17.5 Å². The molecule has 10 heteroatoms. The topological polar surface area (TPSA) is 152 Å². The number of thiophene rings is 1. The number of esters is 1. The van der Waals surface area contributed by atoms with Crippen LogP contribution < -0.4 is 16.8 Å². The Morgan fingerprint density at radius 3 is 2.42 bits per heavy atom. The van der Waals surface area contributed by atoms with Crippen molar-refractivity contribution < 1.29 is 19.1 Å². The molecule has 4 aromatic rings. The summed E-state index contributed by atoms with van der Waals surface area (Å²) in [6.45, 7) is 3.51. The molecule has 1 aromatic heterocycles. The van der Waals surface area contributed by atoms with E-state index in [1.54, 1.807) is 43.3 Å². The van der Waals surface area contributed by atoms with Crippen LogP contribution >= 0.6 is 11.3 Å². The molecule has 3 aromatic carbocycles. The molecule has 0 fully saturated rings. The second-order valence-electron chi connectivity index (χ2n) is 9.18. The summed E-state index contributed by atoms with van der Waals surface area (Å²) in [5.74, 6) is -1.45. The first-order chi connectivity index (χ1) is 19.1. The Morgan fingerprint density at radius 2 is 1.77 bits per heavy atom. The van der Waals surface area contributed by atoms with Gasteiger partial charge in [-0.05, 0) is 47.5 Å². The first-order valence-electron chi connectivity index (χ1n) is 12.7. The molecule has 0 radical (unpaired) electrons. The van der Waals surface area contributed by atoms with Crippen molar-refractivity contribution in [3.63, 3.8) is 0 Å². The van der Waals surface area contributed by atoms with Crippen molar-refractivity contribution in [1.29, 1.82) is 5.41 Å². The highest BCUT2D eigenvalue weighted by Gasteiger charge is 2.45. The van der Waals surface area contributed by atoms with Gasteiger partial charge in [-0.25, -0.2) is 4.79 Å². The fourth-order valence-corrected chi connectivity index (χ4v) is 5.28. The van der Waals surface area contributed by atoms with Gasteiger partial charge < -0.3 is 20.7 Å². The number of hydrogen-bond donors (Lipinski definition) is 4. The van der Waals surface area contributed by atoms with E-state index in [1.165, 1.54) is 23.2 Å². The second-order valence-corrected chi connectivity index (χ2v) is 10.3. The van der Waals surface area contributed by atoms with Gasteiger partial charge in [0.2, 0.25) is 11.6 Å². The molecule has 4 rings (SSSR count).